The predicted molar refractivity (Wildman–Crippen MR) is 98.5 cm³/mol. The topological polar surface area (TPSA) is 69.4 Å². The van der Waals surface area contributed by atoms with Crippen LogP contribution in [0, 0.1) is 0 Å². The lowest BCUT2D eigenvalue weighted by Gasteiger charge is -2.11. The number of rotatable bonds is 7. The molecule has 3 rings (SSSR count). The van der Waals surface area contributed by atoms with E-state index in [1.807, 2.05) is 0 Å². The molecule has 0 aliphatic carbocycles. The van der Waals surface area contributed by atoms with Crippen LogP contribution in [0.5, 0.6) is 11.5 Å². The largest absolute Gasteiger partial charge is 0.493 e. The Bertz CT molecular complexity index is 947. The van der Waals surface area contributed by atoms with Gasteiger partial charge in [-0.3, -0.25) is 0 Å². The van der Waals surface area contributed by atoms with Gasteiger partial charge in [-0.1, -0.05) is 17.3 Å². The lowest BCUT2D eigenvalue weighted by molar-refractivity contribution is -0.0327. The first-order valence-corrected chi connectivity index (χ1v) is 8.85. The Kier molecular flexibility index (Phi) is 5.98. The maximum Gasteiger partial charge on any atom is 0.446 e. The number of hydrogen-bond acceptors (Lipinski definition) is 7. The molecule has 2 aromatic carbocycles. The fraction of sp³-hybridized carbons (Fsp3) is 0.222. The summed E-state index contributed by atoms with van der Waals surface area (Å²) in [5.74, 6) is 1.64. The Labute approximate surface area is 163 Å². The van der Waals surface area contributed by atoms with Crippen LogP contribution >= 0.6 is 11.8 Å². The van der Waals surface area contributed by atoms with E-state index in [2.05, 4.69) is 15.5 Å². The molecule has 10 heteroatoms. The fourth-order valence-electron chi connectivity index (χ4n) is 2.42. The number of nitrogens with zero attached hydrogens (tertiary/aromatic N) is 2. The Morgan fingerprint density at radius 2 is 1.82 bits per heavy atom. The molecule has 0 bridgehead atoms. The molecule has 1 N–H and O–H groups in total. The Balaban J connectivity index is 1.73. The Morgan fingerprint density at radius 3 is 2.54 bits per heavy atom. The summed E-state index contributed by atoms with van der Waals surface area (Å²) in [5.41, 5.74) is -3.39. The molecule has 0 saturated heterocycles. The summed E-state index contributed by atoms with van der Waals surface area (Å²) in [7, 11) is 3.05. The molecule has 0 atom stereocenters. The minimum absolute atomic E-state index is 0.0645. The van der Waals surface area contributed by atoms with Gasteiger partial charge in [-0.05, 0) is 42.1 Å². The molecule has 0 aliphatic heterocycles. The van der Waals surface area contributed by atoms with Crippen LogP contribution in [-0.2, 0) is 6.54 Å². The van der Waals surface area contributed by atoms with E-state index < -0.39 is 5.51 Å². The zero-order chi connectivity index (χ0) is 20.1. The van der Waals surface area contributed by atoms with E-state index in [0.717, 1.165) is 0 Å². The highest BCUT2D eigenvalue weighted by Crippen LogP contribution is 2.40. The molecule has 6 nitrogen and oxygen atoms in total. The molecule has 0 amide bonds. The summed E-state index contributed by atoms with van der Waals surface area (Å²) in [6, 6.07) is 11.3. The van der Waals surface area contributed by atoms with Gasteiger partial charge < -0.3 is 19.3 Å². The number of halogens is 3. The van der Waals surface area contributed by atoms with Gasteiger partial charge in [-0.2, -0.15) is 18.2 Å². The Hall–Kier alpha value is -2.88. The van der Waals surface area contributed by atoms with Crippen molar-refractivity contribution in [3.63, 3.8) is 0 Å². The van der Waals surface area contributed by atoms with E-state index in [1.165, 1.54) is 20.3 Å². The summed E-state index contributed by atoms with van der Waals surface area (Å²) in [4.78, 5) is 4.33. The number of alkyl halides is 3. The van der Waals surface area contributed by atoms with Crippen LogP contribution in [0.25, 0.3) is 11.4 Å². The molecule has 0 unspecified atom stereocenters. The quantitative estimate of drug-likeness (QED) is 0.550. The zero-order valence-electron chi connectivity index (χ0n) is 14.9. The van der Waals surface area contributed by atoms with E-state index >= 15 is 0 Å². The summed E-state index contributed by atoms with van der Waals surface area (Å²) in [6.45, 7) is 0.0791. The van der Waals surface area contributed by atoms with Crippen LogP contribution < -0.4 is 14.8 Å². The van der Waals surface area contributed by atoms with Gasteiger partial charge in [0.25, 0.3) is 0 Å². The number of para-hydroxylation sites is 1. The third kappa shape index (κ3) is 4.89. The molecule has 148 valence electrons. The molecular weight excluding hydrogens is 395 g/mol. The van der Waals surface area contributed by atoms with E-state index in [9.17, 15) is 13.2 Å². The van der Waals surface area contributed by atoms with Gasteiger partial charge in [0.15, 0.2) is 11.5 Å². The first-order valence-electron chi connectivity index (χ1n) is 8.03. The molecule has 0 saturated carbocycles. The highest BCUT2D eigenvalue weighted by atomic mass is 32.2. The zero-order valence-corrected chi connectivity index (χ0v) is 15.7. The van der Waals surface area contributed by atoms with Gasteiger partial charge in [-0.25, -0.2) is 0 Å². The number of nitrogens with one attached hydrogen (secondary N) is 1. The SMILES string of the molecule is COc1ccc(-c2noc(CNc3ccccc3SC(F)(F)F)n2)cc1OC. The second-order valence-corrected chi connectivity index (χ2v) is 6.59. The van der Waals surface area contributed by atoms with Crippen molar-refractivity contribution in [2.24, 2.45) is 0 Å². The van der Waals surface area contributed by atoms with Crippen molar-refractivity contribution < 1.29 is 27.2 Å². The van der Waals surface area contributed by atoms with Gasteiger partial charge in [-0.15, -0.1) is 0 Å². The molecule has 28 heavy (non-hydrogen) atoms. The summed E-state index contributed by atoms with van der Waals surface area (Å²) < 4.78 is 53.6. The lowest BCUT2D eigenvalue weighted by Crippen LogP contribution is -2.04. The molecule has 3 aromatic rings. The lowest BCUT2D eigenvalue weighted by atomic mass is 10.2. The van der Waals surface area contributed by atoms with Crippen LogP contribution in [0.3, 0.4) is 0 Å². The number of methoxy groups -OCH3 is 2. The molecule has 0 spiro atoms. The standard InChI is InChI=1S/C18H16F3N3O3S/c1-25-13-8-7-11(9-14(13)26-2)17-23-16(27-24-17)10-22-12-5-3-4-6-15(12)28-18(19,20)21/h3-9,22H,10H2,1-2H3. The minimum Gasteiger partial charge on any atom is -0.493 e. The van der Waals surface area contributed by atoms with Crippen molar-refractivity contribution >= 4 is 17.4 Å². The number of aromatic nitrogens is 2. The number of benzene rings is 2. The monoisotopic (exact) mass is 411 g/mol. The third-order valence-corrected chi connectivity index (χ3v) is 4.46. The molecular formula is C18H16F3N3O3S. The first kappa shape index (κ1) is 19.9. The van der Waals surface area contributed by atoms with Crippen molar-refractivity contribution in [3.8, 4) is 22.9 Å². The number of thioether (sulfide) groups is 1. The van der Waals surface area contributed by atoms with Crippen LogP contribution in [0.15, 0.2) is 51.9 Å². The van der Waals surface area contributed by atoms with Crippen LogP contribution in [0.4, 0.5) is 18.9 Å². The summed E-state index contributed by atoms with van der Waals surface area (Å²) in [6.07, 6.45) is 0. The number of ether oxygens (including phenoxy) is 2. The average Bonchev–Trinajstić information content (AvgIpc) is 3.14. The summed E-state index contributed by atoms with van der Waals surface area (Å²) >= 11 is -0.183. The second kappa shape index (κ2) is 8.42. The molecule has 0 radical (unpaired) electrons. The van der Waals surface area contributed by atoms with Gasteiger partial charge in [0.2, 0.25) is 11.7 Å². The fourth-order valence-corrected chi connectivity index (χ4v) is 3.06. The third-order valence-electron chi connectivity index (χ3n) is 3.65. The minimum atomic E-state index is -4.37. The smallest absolute Gasteiger partial charge is 0.446 e. The highest BCUT2D eigenvalue weighted by molar-refractivity contribution is 8.00. The highest BCUT2D eigenvalue weighted by Gasteiger charge is 2.30. The summed E-state index contributed by atoms with van der Waals surface area (Å²) in [5, 5.41) is 6.80. The second-order valence-electron chi connectivity index (χ2n) is 5.48. The molecule has 0 fully saturated rings. The van der Waals surface area contributed by atoms with Crippen LogP contribution in [-0.4, -0.2) is 29.9 Å². The molecule has 1 heterocycles. The van der Waals surface area contributed by atoms with Gasteiger partial charge >= 0.3 is 5.51 Å². The average molecular weight is 411 g/mol. The van der Waals surface area contributed by atoms with Gasteiger partial charge in [0.05, 0.1) is 20.8 Å². The van der Waals surface area contributed by atoms with Gasteiger partial charge in [0.1, 0.15) is 0 Å². The van der Waals surface area contributed by atoms with Crippen molar-refractivity contribution in [1.29, 1.82) is 0 Å². The first-order chi connectivity index (χ1) is 13.4. The van der Waals surface area contributed by atoms with Gasteiger partial charge in [0, 0.05) is 16.1 Å². The predicted octanol–water partition coefficient (Wildman–Crippen LogP) is 4.98. The maximum atomic E-state index is 12.7. The number of hydrogen-bond donors (Lipinski definition) is 1. The maximum absolute atomic E-state index is 12.7. The van der Waals surface area contributed by atoms with Crippen LogP contribution in [0.1, 0.15) is 5.89 Å². The Morgan fingerprint density at radius 1 is 1.07 bits per heavy atom. The van der Waals surface area contributed by atoms with Crippen molar-refractivity contribution in [2.75, 3.05) is 19.5 Å². The van der Waals surface area contributed by atoms with Crippen molar-refractivity contribution in [2.45, 2.75) is 16.9 Å². The van der Waals surface area contributed by atoms with E-state index in [4.69, 9.17) is 14.0 Å². The van der Waals surface area contributed by atoms with Crippen molar-refractivity contribution in [3.05, 3.63) is 48.4 Å². The van der Waals surface area contributed by atoms with E-state index in [1.54, 1.807) is 36.4 Å². The normalized spacial score (nSPS) is 11.3. The van der Waals surface area contributed by atoms with Crippen LogP contribution in [0.2, 0.25) is 0 Å². The van der Waals surface area contributed by atoms with E-state index in [0.29, 0.717) is 28.6 Å². The van der Waals surface area contributed by atoms with E-state index in [-0.39, 0.29) is 29.1 Å². The molecule has 0 aliphatic rings. The number of anilines is 1. The van der Waals surface area contributed by atoms with Crippen molar-refractivity contribution in [1.82, 2.24) is 10.1 Å². The molecule has 1 aromatic heterocycles.